The second kappa shape index (κ2) is 14.4. The lowest BCUT2D eigenvalue weighted by molar-refractivity contribution is -0.191. The van der Waals surface area contributed by atoms with Gasteiger partial charge in [0.05, 0.1) is 0 Å². The second-order valence-electron chi connectivity index (χ2n) is 7.51. The molecule has 8 heteroatoms. The molecule has 1 aliphatic heterocycles. The summed E-state index contributed by atoms with van der Waals surface area (Å²) in [6, 6.07) is 7.10. The molecule has 2 rings (SSSR count). The van der Waals surface area contributed by atoms with E-state index in [-0.39, 0.29) is 18.0 Å². The number of hydrogen-bond acceptors (Lipinski definition) is 6. The van der Waals surface area contributed by atoms with Crippen LogP contribution in [0.1, 0.15) is 44.1 Å². The molecule has 0 bridgehead atoms. The summed E-state index contributed by atoms with van der Waals surface area (Å²) >= 11 is 0. The molecule has 1 fully saturated rings. The van der Waals surface area contributed by atoms with E-state index < -0.39 is 7.12 Å². The van der Waals surface area contributed by atoms with E-state index in [1.54, 1.807) is 12.1 Å². The Kier molecular flexibility index (Phi) is 12.6. The van der Waals surface area contributed by atoms with Crippen LogP contribution in [0.3, 0.4) is 0 Å². The molecule has 1 aliphatic rings. The number of piperidine rings is 1. The van der Waals surface area contributed by atoms with Crippen LogP contribution in [0.15, 0.2) is 24.3 Å². The van der Waals surface area contributed by atoms with E-state index in [1.807, 2.05) is 12.1 Å². The van der Waals surface area contributed by atoms with Gasteiger partial charge in [0.1, 0.15) is 5.82 Å². The Balaban J connectivity index is 0.00000122. The molecule has 1 heterocycles. The van der Waals surface area contributed by atoms with Crippen LogP contribution in [0.4, 0.5) is 4.39 Å². The lowest BCUT2D eigenvalue weighted by atomic mass is 9.83. The van der Waals surface area contributed by atoms with Crippen LogP contribution >= 0.6 is 0 Å². The standard InChI is InChI=1S/C19H32BFN2O2.CO2/c21-18-6-4-16(5-7-18)15-17-8-12-23(13-9-17)14-10-19(22)3-1-2-11-20(24)25;2-1-3/h4-7,17,19,24-25H,1-3,8-15,22H2;. The molecule has 0 amide bonds. The van der Waals surface area contributed by atoms with Crippen molar-refractivity contribution in [1.82, 2.24) is 4.90 Å². The van der Waals surface area contributed by atoms with E-state index in [4.69, 9.17) is 25.4 Å². The van der Waals surface area contributed by atoms with Gasteiger partial charge in [-0.05, 0) is 81.7 Å². The number of rotatable bonds is 10. The summed E-state index contributed by atoms with van der Waals surface area (Å²) < 4.78 is 13.0. The van der Waals surface area contributed by atoms with Crippen molar-refractivity contribution < 1.29 is 24.0 Å². The van der Waals surface area contributed by atoms with Crippen molar-refractivity contribution in [3.63, 3.8) is 0 Å². The van der Waals surface area contributed by atoms with Crippen molar-refractivity contribution in [3.8, 4) is 0 Å². The summed E-state index contributed by atoms with van der Waals surface area (Å²) in [6.45, 7) is 3.29. The zero-order chi connectivity index (χ0) is 20.8. The van der Waals surface area contributed by atoms with Gasteiger partial charge >= 0.3 is 13.3 Å². The highest BCUT2D eigenvalue weighted by Crippen LogP contribution is 2.22. The number of nitrogens with zero attached hydrogens (tertiary/aromatic N) is 1. The minimum absolute atomic E-state index is 0.164. The molecule has 0 saturated carbocycles. The van der Waals surface area contributed by atoms with Crippen LogP contribution in [-0.4, -0.2) is 53.9 Å². The van der Waals surface area contributed by atoms with E-state index in [0.29, 0.717) is 12.2 Å². The van der Waals surface area contributed by atoms with Crippen LogP contribution in [0, 0.1) is 11.7 Å². The normalized spacial score (nSPS) is 16.0. The Labute approximate surface area is 167 Å². The Morgan fingerprint density at radius 1 is 1.14 bits per heavy atom. The first kappa shape index (κ1) is 24.5. The topological polar surface area (TPSA) is 104 Å². The summed E-state index contributed by atoms with van der Waals surface area (Å²) in [4.78, 5) is 18.7. The molecule has 1 aromatic rings. The maximum Gasteiger partial charge on any atom is 0.451 e. The van der Waals surface area contributed by atoms with Gasteiger partial charge in [-0.25, -0.2) is 4.39 Å². The third-order valence-corrected chi connectivity index (χ3v) is 5.25. The zero-order valence-electron chi connectivity index (χ0n) is 16.4. The van der Waals surface area contributed by atoms with Crippen molar-refractivity contribution >= 4 is 13.3 Å². The monoisotopic (exact) mass is 394 g/mol. The van der Waals surface area contributed by atoms with Gasteiger partial charge < -0.3 is 20.7 Å². The molecule has 0 spiro atoms. The van der Waals surface area contributed by atoms with Gasteiger partial charge in [-0.2, -0.15) is 9.59 Å². The van der Waals surface area contributed by atoms with Crippen LogP contribution in [0.25, 0.3) is 0 Å². The molecule has 1 atom stereocenters. The fourth-order valence-corrected chi connectivity index (χ4v) is 3.59. The van der Waals surface area contributed by atoms with Gasteiger partial charge in [-0.1, -0.05) is 25.0 Å². The van der Waals surface area contributed by atoms with Crippen LogP contribution < -0.4 is 5.73 Å². The molecule has 4 N–H and O–H groups in total. The average Bonchev–Trinajstić information content (AvgIpc) is 2.67. The predicted octanol–water partition coefficient (Wildman–Crippen LogP) is 1.86. The fraction of sp³-hybridized carbons (Fsp3) is 0.650. The molecule has 0 radical (unpaired) electrons. The Hall–Kier alpha value is -1.57. The first-order chi connectivity index (χ1) is 13.4. The van der Waals surface area contributed by atoms with Gasteiger partial charge in [0, 0.05) is 6.04 Å². The molecule has 1 saturated heterocycles. The first-order valence-corrected chi connectivity index (χ1v) is 10.0. The zero-order valence-corrected chi connectivity index (χ0v) is 16.4. The summed E-state index contributed by atoms with van der Waals surface area (Å²) in [6.07, 6.45) is 7.86. The van der Waals surface area contributed by atoms with Crippen LogP contribution in [0.5, 0.6) is 0 Å². The highest BCUT2D eigenvalue weighted by atomic mass is 19.1. The van der Waals surface area contributed by atoms with Gasteiger partial charge in [0.2, 0.25) is 0 Å². The minimum atomic E-state index is -1.19. The lowest BCUT2D eigenvalue weighted by Gasteiger charge is -2.32. The third-order valence-electron chi connectivity index (χ3n) is 5.25. The summed E-state index contributed by atoms with van der Waals surface area (Å²) in [5.41, 5.74) is 7.40. The number of unbranched alkanes of at least 4 members (excludes halogenated alkanes) is 1. The molecular weight excluding hydrogens is 362 g/mol. The van der Waals surface area contributed by atoms with Crippen molar-refractivity contribution in [2.45, 2.75) is 57.3 Å². The number of likely N-dealkylation sites (tertiary alicyclic amines) is 1. The molecule has 6 nitrogen and oxygen atoms in total. The minimum Gasteiger partial charge on any atom is -0.427 e. The predicted molar refractivity (Wildman–Crippen MR) is 106 cm³/mol. The lowest BCUT2D eigenvalue weighted by Crippen LogP contribution is -2.37. The molecule has 1 aromatic carbocycles. The summed E-state index contributed by atoms with van der Waals surface area (Å²) in [7, 11) is -1.19. The maximum atomic E-state index is 13.0. The van der Waals surface area contributed by atoms with Gasteiger partial charge in [-0.3, -0.25) is 0 Å². The van der Waals surface area contributed by atoms with Gasteiger partial charge in [0.25, 0.3) is 0 Å². The average molecular weight is 394 g/mol. The molecule has 1 unspecified atom stereocenters. The summed E-state index contributed by atoms with van der Waals surface area (Å²) in [5, 5.41) is 17.6. The Morgan fingerprint density at radius 3 is 2.32 bits per heavy atom. The van der Waals surface area contributed by atoms with E-state index in [1.165, 1.54) is 18.4 Å². The van der Waals surface area contributed by atoms with E-state index in [2.05, 4.69) is 4.90 Å². The van der Waals surface area contributed by atoms with Crippen LogP contribution in [-0.2, 0) is 16.0 Å². The first-order valence-electron chi connectivity index (χ1n) is 10.0. The number of carbonyl (C=O) groups excluding carboxylic acids is 2. The summed E-state index contributed by atoms with van der Waals surface area (Å²) in [5.74, 6) is 0.530. The van der Waals surface area contributed by atoms with E-state index in [9.17, 15) is 4.39 Å². The van der Waals surface area contributed by atoms with Gasteiger partial charge in [-0.15, -0.1) is 0 Å². The molecule has 28 heavy (non-hydrogen) atoms. The van der Waals surface area contributed by atoms with Crippen molar-refractivity contribution in [2.75, 3.05) is 19.6 Å². The quantitative estimate of drug-likeness (QED) is 0.413. The van der Waals surface area contributed by atoms with E-state index >= 15 is 0 Å². The smallest absolute Gasteiger partial charge is 0.427 e. The Bertz CT molecular complexity index is 560. The largest absolute Gasteiger partial charge is 0.451 e. The molecule has 0 aliphatic carbocycles. The van der Waals surface area contributed by atoms with Crippen molar-refractivity contribution in [1.29, 1.82) is 0 Å². The maximum absolute atomic E-state index is 13.0. The number of hydrogen-bond donors (Lipinski definition) is 3. The molecule has 156 valence electrons. The second-order valence-corrected chi connectivity index (χ2v) is 7.51. The fourth-order valence-electron chi connectivity index (χ4n) is 3.59. The third kappa shape index (κ3) is 11.3. The van der Waals surface area contributed by atoms with Gasteiger partial charge in [0.15, 0.2) is 0 Å². The Morgan fingerprint density at radius 2 is 1.75 bits per heavy atom. The number of nitrogens with two attached hydrogens (primary N) is 1. The van der Waals surface area contributed by atoms with Crippen LogP contribution in [0.2, 0.25) is 6.32 Å². The number of benzene rings is 1. The highest BCUT2D eigenvalue weighted by Gasteiger charge is 2.19. The molecule has 0 aromatic heterocycles. The SMILES string of the molecule is NC(CCCCB(O)O)CCN1CCC(Cc2ccc(F)cc2)CC1.O=C=O. The van der Waals surface area contributed by atoms with E-state index in [0.717, 1.165) is 51.7 Å². The highest BCUT2D eigenvalue weighted by molar-refractivity contribution is 6.40. The number of halogens is 1. The van der Waals surface area contributed by atoms with Crippen molar-refractivity contribution in [2.24, 2.45) is 11.7 Å². The molecular formula is C20H32BFN2O4. The van der Waals surface area contributed by atoms with Crippen molar-refractivity contribution in [3.05, 3.63) is 35.6 Å².